The highest BCUT2D eigenvalue weighted by atomic mass is 19.4. The van der Waals surface area contributed by atoms with Crippen LogP contribution in [-0.4, -0.2) is 12.6 Å². The van der Waals surface area contributed by atoms with Crippen molar-refractivity contribution >= 4 is 18.1 Å². The second kappa shape index (κ2) is 9.21. The van der Waals surface area contributed by atoms with Gasteiger partial charge in [-0.05, 0) is 36.2 Å². The van der Waals surface area contributed by atoms with Crippen LogP contribution in [0.1, 0.15) is 23.6 Å². The number of hydrogen-bond donors (Lipinski definition) is 0. The highest BCUT2D eigenvalue weighted by Gasteiger charge is 2.33. The highest BCUT2D eigenvalue weighted by Crippen LogP contribution is 2.35. The second-order valence-electron chi connectivity index (χ2n) is 5.97. The van der Waals surface area contributed by atoms with Gasteiger partial charge in [0.25, 0.3) is 0 Å². The summed E-state index contributed by atoms with van der Waals surface area (Å²) in [6, 6.07) is 12.3. The van der Waals surface area contributed by atoms with E-state index >= 15 is 0 Å². The average Bonchev–Trinajstić information content (AvgIpc) is 2.73. The van der Waals surface area contributed by atoms with Gasteiger partial charge in [0.15, 0.2) is 6.26 Å². The highest BCUT2D eigenvalue weighted by molar-refractivity contribution is 5.86. The van der Waals surface area contributed by atoms with Gasteiger partial charge in [-0.1, -0.05) is 42.5 Å². The Morgan fingerprint density at radius 3 is 2.43 bits per heavy atom. The molecule has 0 spiro atoms. The molecule has 5 nitrogen and oxygen atoms in total. The van der Waals surface area contributed by atoms with Crippen molar-refractivity contribution in [3.63, 3.8) is 0 Å². The Balaban J connectivity index is 1.78. The summed E-state index contributed by atoms with van der Waals surface area (Å²) in [5.41, 5.74) is -0.134. The van der Waals surface area contributed by atoms with Crippen LogP contribution in [-0.2, 0) is 25.2 Å². The van der Waals surface area contributed by atoms with E-state index in [-0.39, 0.29) is 29.6 Å². The number of carbonyl (C=O) groups is 1. The number of carbonyl (C=O) groups excluding carboxylic acids is 1. The summed E-state index contributed by atoms with van der Waals surface area (Å²) >= 11 is 0. The molecule has 0 amide bonds. The maximum Gasteiger partial charge on any atom is 0.416 e. The third-order valence-electron chi connectivity index (χ3n) is 3.84. The molecule has 0 saturated carbocycles. The lowest BCUT2D eigenvalue weighted by Crippen LogP contribution is -2.13. The van der Waals surface area contributed by atoms with Gasteiger partial charge in [-0.25, -0.2) is 4.79 Å². The standard InChI is InChI=1S/C22H17F3O5/c1-2-27-21(26)19-13-29-20(14-28-19)30-17-10-11-18(22(23,24)25)16(12-17)9-8-15-6-4-3-5-7-15/h3-14H,2H2,1H3. The van der Waals surface area contributed by atoms with E-state index in [9.17, 15) is 18.0 Å². The van der Waals surface area contributed by atoms with E-state index in [1.165, 1.54) is 12.1 Å². The van der Waals surface area contributed by atoms with Gasteiger partial charge in [0.05, 0.1) is 12.2 Å². The molecule has 30 heavy (non-hydrogen) atoms. The summed E-state index contributed by atoms with van der Waals surface area (Å²) in [7, 11) is 0. The number of esters is 1. The lowest BCUT2D eigenvalue weighted by atomic mass is 10.0. The van der Waals surface area contributed by atoms with Crippen molar-refractivity contribution in [1.29, 1.82) is 0 Å². The molecule has 0 radical (unpaired) electrons. The maximum atomic E-state index is 13.4. The molecule has 1 aliphatic heterocycles. The van der Waals surface area contributed by atoms with Crippen molar-refractivity contribution < 1.29 is 36.9 Å². The van der Waals surface area contributed by atoms with E-state index in [4.69, 9.17) is 18.9 Å². The first-order valence-electron chi connectivity index (χ1n) is 8.90. The number of hydrogen-bond acceptors (Lipinski definition) is 5. The van der Waals surface area contributed by atoms with E-state index in [1.54, 1.807) is 37.3 Å². The third kappa shape index (κ3) is 5.44. The van der Waals surface area contributed by atoms with Crippen LogP contribution < -0.4 is 4.74 Å². The zero-order valence-corrected chi connectivity index (χ0v) is 15.8. The van der Waals surface area contributed by atoms with Crippen molar-refractivity contribution in [1.82, 2.24) is 0 Å². The topological polar surface area (TPSA) is 54.0 Å². The van der Waals surface area contributed by atoms with Crippen LogP contribution in [0.4, 0.5) is 13.2 Å². The number of halogens is 3. The van der Waals surface area contributed by atoms with Gasteiger partial charge in [0, 0.05) is 0 Å². The predicted octanol–water partition coefficient (Wildman–Crippen LogP) is 5.50. The van der Waals surface area contributed by atoms with Gasteiger partial charge < -0.3 is 18.9 Å². The molecule has 0 atom stereocenters. The van der Waals surface area contributed by atoms with Crippen LogP contribution in [0.15, 0.2) is 72.8 Å². The summed E-state index contributed by atoms with van der Waals surface area (Å²) in [5.74, 6) is -0.946. The first kappa shape index (κ1) is 21.0. The fraction of sp³-hybridized carbons (Fsp3) is 0.136. The van der Waals surface area contributed by atoms with E-state index in [0.29, 0.717) is 0 Å². The van der Waals surface area contributed by atoms with E-state index in [0.717, 1.165) is 30.2 Å². The Kier molecular flexibility index (Phi) is 6.46. The van der Waals surface area contributed by atoms with Crippen molar-refractivity contribution in [2.45, 2.75) is 13.1 Å². The van der Waals surface area contributed by atoms with Gasteiger partial charge in [0.1, 0.15) is 12.0 Å². The van der Waals surface area contributed by atoms with E-state index in [2.05, 4.69) is 0 Å². The molecule has 0 aliphatic carbocycles. The Hall–Kier alpha value is -3.68. The minimum Gasteiger partial charge on any atom is -0.460 e. The number of ether oxygens (including phenoxy) is 4. The molecule has 0 aromatic heterocycles. The average molecular weight is 418 g/mol. The van der Waals surface area contributed by atoms with Gasteiger partial charge >= 0.3 is 18.1 Å². The maximum absolute atomic E-state index is 13.4. The van der Waals surface area contributed by atoms with Crippen LogP contribution in [0.25, 0.3) is 12.2 Å². The van der Waals surface area contributed by atoms with Crippen LogP contribution in [0.3, 0.4) is 0 Å². The largest absolute Gasteiger partial charge is 0.460 e. The SMILES string of the molecule is CCOC(=O)C1=COC(Oc2ccc(C(F)(F)F)c(C=Cc3ccccc3)c2)=CO1. The molecule has 2 aromatic rings. The zero-order valence-electron chi connectivity index (χ0n) is 15.8. The summed E-state index contributed by atoms with van der Waals surface area (Å²) < 4.78 is 60.5. The Morgan fingerprint density at radius 1 is 1.03 bits per heavy atom. The lowest BCUT2D eigenvalue weighted by molar-refractivity contribution is -0.142. The zero-order chi connectivity index (χ0) is 21.6. The fourth-order valence-corrected chi connectivity index (χ4v) is 2.49. The quantitative estimate of drug-likeness (QED) is 0.458. The first-order chi connectivity index (χ1) is 14.4. The molecule has 0 unspecified atom stereocenters. The minimum atomic E-state index is -4.53. The Morgan fingerprint density at radius 2 is 1.80 bits per heavy atom. The molecule has 8 heteroatoms. The second-order valence-corrected chi connectivity index (χ2v) is 5.97. The minimum absolute atomic E-state index is 0.0797. The summed E-state index contributed by atoms with van der Waals surface area (Å²) in [4.78, 5) is 11.5. The summed E-state index contributed by atoms with van der Waals surface area (Å²) in [5, 5.41) is 0. The Bertz CT molecular complexity index is 992. The fourth-order valence-electron chi connectivity index (χ4n) is 2.49. The number of rotatable bonds is 6. The summed E-state index contributed by atoms with van der Waals surface area (Å²) in [6.07, 6.45) is 0.408. The molecule has 1 aliphatic rings. The van der Waals surface area contributed by atoms with E-state index in [1.807, 2.05) is 6.07 Å². The van der Waals surface area contributed by atoms with Crippen molar-refractivity contribution in [3.8, 4) is 5.75 Å². The molecule has 0 bridgehead atoms. The molecule has 1 heterocycles. The van der Waals surface area contributed by atoms with Crippen LogP contribution in [0.5, 0.6) is 5.75 Å². The molecule has 2 aromatic carbocycles. The van der Waals surface area contributed by atoms with Gasteiger partial charge in [-0.15, -0.1) is 0 Å². The number of benzene rings is 2. The smallest absolute Gasteiger partial charge is 0.416 e. The van der Waals surface area contributed by atoms with Gasteiger partial charge in [0.2, 0.25) is 5.76 Å². The van der Waals surface area contributed by atoms with Crippen LogP contribution >= 0.6 is 0 Å². The molecule has 3 rings (SSSR count). The monoisotopic (exact) mass is 418 g/mol. The third-order valence-corrected chi connectivity index (χ3v) is 3.84. The summed E-state index contributed by atoms with van der Waals surface area (Å²) in [6.45, 7) is 1.80. The molecular weight excluding hydrogens is 401 g/mol. The van der Waals surface area contributed by atoms with Crippen molar-refractivity contribution in [2.75, 3.05) is 6.61 Å². The molecule has 156 valence electrons. The van der Waals surface area contributed by atoms with Crippen molar-refractivity contribution in [2.24, 2.45) is 0 Å². The molecule has 0 fully saturated rings. The molecule has 0 saturated heterocycles. The van der Waals surface area contributed by atoms with Gasteiger partial charge in [-0.3, -0.25) is 0 Å². The van der Waals surface area contributed by atoms with Gasteiger partial charge in [-0.2, -0.15) is 13.2 Å². The number of alkyl halides is 3. The first-order valence-corrected chi connectivity index (χ1v) is 8.90. The van der Waals surface area contributed by atoms with E-state index < -0.39 is 17.7 Å². The van der Waals surface area contributed by atoms with Crippen molar-refractivity contribution in [3.05, 3.63) is 89.4 Å². The predicted molar refractivity (Wildman–Crippen MR) is 102 cm³/mol. The van der Waals surface area contributed by atoms with Crippen LogP contribution in [0, 0.1) is 0 Å². The molecule has 0 N–H and O–H groups in total. The lowest BCUT2D eigenvalue weighted by Gasteiger charge is -2.16. The Labute approximate surface area is 170 Å². The molecular formula is C22H17F3O5. The normalized spacial score (nSPS) is 13.7. The van der Waals surface area contributed by atoms with Crippen LogP contribution in [0.2, 0.25) is 0 Å².